The Bertz CT molecular complexity index is 1230. The van der Waals surface area contributed by atoms with Gasteiger partial charge in [-0.2, -0.15) is 0 Å². The molecule has 1 unspecified atom stereocenters. The number of carbonyl (C=O) groups excluding carboxylic acids is 3. The number of fused-ring (bicyclic) bond motifs is 2. The summed E-state index contributed by atoms with van der Waals surface area (Å²) in [7, 11) is 0. The number of allylic oxidation sites excluding steroid dienone is 1. The third-order valence-electron chi connectivity index (χ3n) is 9.09. The number of halogens is 1. The first kappa shape index (κ1) is 28.8. The molecule has 216 valence electrons. The van der Waals surface area contributed by atoms with Crippen LogP contribution in [0, 0.1) is 24.7 Å². The topological polar surface area (TPSA) is 96.4 Å². The molecule has 0 aliphatic carbocycles. The van der Waals surface area contributed by atoms with E-state index < -0.39 is 41.1 Å². The Morgan fingerprint density at radius 3 is 2.55 bits per heavy atom. The Labute approximate surface area is 240 Å². The van der Waals surface area contributed by atoms with Gasteiger partial charge in [-0.05, 0) is 50.2 Å². The van der Waals surface area contributed by atoms with Crippen LogP contribution in [-0.2, 0) is 23.9 Å². The van der Waals surface area contributed by atoms with Crippen molar-refractivity contribution in [2.45, 2.75) is 76.7 Å². The molecule has 1 aromatic carbocycles. The number of hydrogen-bond donors (Lipinski definition) is 1. The summed E-state index contributed by atoms with van der Waals surface area (Å²) in [5.41, 5.74) is -1.17. The fourth-order valence-corrected chi connectivity index (χ4v) is 7.44. The van der Waals surface area contributed by atoms with Crippen LogP contribution in [-0.4, -0.2) is 70.8 Å². The Morgan fingerprint density at radius 1 is 1.10 bits per heavy atom. The van der Waals surface area contributed by atoms with E-state index >= 15 is 0 Å². The van der Waals surface area contributed by atoms with E-state index in [0.717, 1.165) is 24.8 Å². The highest BCUT2D eigenvalue weighted by molar-refractivity contribution is 6.34. The number of likely N-dealkylation sites (tertiary alicyclic amines) is 1. The van der Waals surface area contributed by atoms with Gasteiger partial charge >= 0.3 is 5.97 Å². The van der Waals surface area contributed by atoms with Crippen molar-refractivity contribution in [1.29, 1.82) is 0 Å². The van der Waals surface area contributed by atoms with Gasteiger partial charge in [0.1, 0.15) is 23.2 Å². The van der Waals surface area contributed by atoms with Crippen molar-refractivity contribution in [1.82, 2.24) is 4.90 Å². The number of esters is 1. The number of para-hydroxylation sites is 1. The van der Waals surface area contributed by atoms with Crippen LogP contribution in [0.4, 0.5) is 5.69 Å². The molecule has 0 saturated carbocycles. The van der Waals surface area contributed by atoms with Crippen LogP contribution >= 0.6 is 11.6 Å². The minimum absolute atomic E-state index is 0.160. The summed E-state index contributed by atoms with van der Waals surface area (Å²) in [4.78, 5) is 46.2. The molecule has 8 nitrogen and oxygen atoms in total. The van der Waals surface area contributed by atoms with Gasteiger partial charge < -0.3 is 24.4 Å². The summed E-state index contributed by atoms with van der Waals surface area (Å²) in [5, 5.41) is 10.9. The molecule has 0 aromatic heterocycles. The van der Waals surface area contributed by atoms with Crippen molar-refractivity contribution < 1.29 is 29.0 Å². The van der Waals surface area contributed by atoms with E-state index in [1.54, 1.807) is 11.0 Å². The van der Waals surface area contributed by atoms with Gasteiger partial charge in [0.2, 0.25) is 5.91 Å². The van der Waals surface area contributed by atoms with Crippen LogP contribution < -0.4 is 4.90 Å². The molecule has 1 N–H and O–H groups in total. The standard InChI is InChI=1S/C31H39ClN2O6/c1-5-30-14-8-6-7-9-17-39-29(38)24(30)23-27(36)34(22(18-35)19(2)3)26-28(37)33(16-11-15-31(23,26)40-30)25-20(4)12-10-13-21(25)32/h8,10-15,19,22-24,26,35H,5-7,9,16-18H2,1-4H3/b14-8-/t22-,23-,24-,26?,30+,31-/m0/s1. The lowest BCUT2D eigenvalue weighted by atomic mass is 9.73. The number of benzene rings is 1. The van der Waals surface area contributed by atoms with Crippen molar-refractivity contribution in [3.8, 4) is 0 Å². The smallest absolute Gasteiger partial charge is 0.313 e. The zero-order valence-electron chi connectivity index (χ0n) is 23.6. The van der Waals surface area contributed by atoms with Crippen molar-refractivity contribution in [2.75, 3.05) is 24.7 Å². The number of anilines is 1. The van der Waals surface area contributed by atoms with Crippen LogP contribution in [0.3, 0.4) is 0 Å². The minimum Gasteiger partial charge on any atom is -0.465 e. The number of ether oxygens (including phenoxy) is 2. The lowest BCUT2D eigenvalue weighted by Crippen LogP contribution is -2.60. The van der Waals surface area contributed by atoms with Gasteiger partial charge in [-0.15, -0.1) is 0 Å². The first-order chi connectivity index (χ1) is 19.1. The van der Waals surface area contributed by atoms with Gasteiger partial charge in [0.15, 0.2) is 0 Å². The second-order valence-corrected chi connectivity index (χ2v) is 12.1. The molecule has 6 atom stereocenters. The fraction of sp³-hybridized carbons (Fsp3) is 0.581. The van der Waals surface area contributed by atoms with Gasteiger partial charge in [0.25, 0.3) is 5.91 Å². The maximum atomic E-state index is 14.7. The Hall–Kier alpha value is -2.68. The maximum absolute atomic E-state index is 14.7. The van der Waals surface area contributed by atoms with E-state index in [1.165, 1.54) is 4.90 Å². The molecule has 4 aliphatic heterocycles. The van der Waals surface area contributed by atoms with Crippen molar-refractivity contribution in [3.05, 3.63) is 53.1 Å². The first-order valence-corrected chi connectivity index (χ1v) is 14.7. The van der Waals surface area contributed by atoms with Crippen molar-refractivity contribution >= 4 is 35.1 Å². The number of rotatable bonds is 5. The molecule has 4 heterocycles. The Balaban J connectivity index is 1.73. The summed E-state index contributed by atoms with van der Waals surface area (Å²) in [5.74, 6) is -3.32. The van der Waals surface area contributed by atoms with Gasteiger partial charge in [-0.25, -0.2) is 0 Å². The molecule has 5 rings (SSSR count). The van der Waals surface area contributed by atoms with Gasteiger partial charge in [0, 0.05) is 6.54 Å². The van der Waals surface area contributed by atoms with Crippen LogP contribution in [0.25, 0.3) is 0 Å². The summed E-state index contributed by atoms with van der Waals surface area (Å²) in [6.45, 7) is 7.77. The number of cyclic esters (lactones) is 1. The predicted molar refractivity (Wildman–Crippen MR) is 152 cm³/mol. The summed E-state index contributed by atoms with van der Waals surface area (Å²) >= 11 is 6.63. The highest BCUT2D eigenvalue weighted by atomic mass is 35.5. The molecule has 9 heteroatoms. The lowest BCUT2D eigenvalue weighted by molar-refractivity contribution is -0.162. The number of amides is 2. The highest BCUT2D eigenvalue weighted by Gasteiger charge is 2.76. The number of nitrogens with zero attached hydrogens (tertiary/aromatic N) is 2. The highest BCUT2D eigenvalue weighted by Crippen LogP contribution is 2.59. The fourth-order valence-electron chi connectivity index (χ4n) is 7.12. The van der Waals surface area contributed by atoms with E-state index in [-0.39, 0.29) is 37.5 Å². The van der Waals surface area contributed by atoms with E-state index in [4.69, 9.17) is 21.1 Å². The largest absolute Gasteiger partial charge is 0.465 e. The van der Waals surface area contributed by atoms with Crippen molar-refractivity contribution in [2.24, 2.45) is 17.8 Å². The molecule has 4 aliphatic rings. The zero-order chi connectivity index (χ0) is 28.8. The number of carbonyl (C=O) groups is 3. The zero-order valence-corrected chi connectivity index (χ0v) is 24.4. The van der Waals surface area contributed by atoms with Crippen LogP contribution in [0.15, 0.2) is 42.5 Å². The summed E-state index contributed by atoms with van der Waals surface area (Å²) < 4.78 is 12.7. The van der Waals surface area contributed by atoms with Gasteiger partial charge in [-0.3, -0.25) is 14.4 Å². The molecule has 40 heavy (non-hydrogen) atoms. The number of hydrogen-bond acceptors (Lipinski definition) is 6. The van der Waals surface area contributed by atoms with E-state index in [9.17, 15) is 19.5 Å². The predicted octanol–water partition coefficient (Wildman–Crippen LogP) is 4.21. The van der Waals surface area contributed by atoms with E-state index in [2.05, 4.69) is 0 Å². The van der Waals surface area contributed by atoms with Crippen LogP contribution in [0.5, 0.6) is 0 Å². The van der Waals surface area contributed by atoms with Crippen LogP contribution in [0.2, 0.25) is 5.02 Å². The quantitative estimate of drug-likeness (QED) is 0.421. The molecule has 1 aromatic rings. The maximum Gasteiger partial charge on any atom is 0.313 e. The Morgan fingerprint density at radius 2 is 1.88 bits per heavy atom. The normalized spacial score (nSPS) is 33.8. The number of aliphatic hydroxyl groups is 1. The second kappa shape index (κ2) is 11.0. The average molecular weight is 571 g/mol. The molecule has 2 amide bonds. The SMILES string of the molecule is CC[C@@]12/C=C\CCCCOC(=O)[C@@H]1[C@H]1C(=O)N([C@@H](CO)C(C)C)C3C(=O)N(c4c(C)cccc4Cl)CC=C[C@@]31O2. The molecule has 0 radical (unpaired) electrons. The van der Waals surface area contributed by atoms with E-state index in [0.29, 0.717) is 17.1 Å². The second-order valence-electron chi connectivity index (χ2n) is 11.7. The van der Waals surface area contributed by atoms with Crippen molar-refractivity contribution in [3.63, 3.8) is 0 Å². The molecular weight excluding hydrogens is 532 g/mol. The monoisotopic (exact) mass is 570 g/mol. The third-order valence-corrected chi connectivity index (χ3v) is 9.40. The molecule has 0 bridgehead atoms. The number of aryl methyl sites for hydroxylation is 1. The number of aliphatic hydroxyl groups excluding tert-OH is 1. The summed E-state index contributed by atoms with van der Waals surface area (Å²) in [6.07, 6.45) is 10.4. The van der Waals surface area contributed by atoms with Gasteiger partial charge in [0.05, 0.1) is 35.9 Å². The summed E-state index contributed by atoms with van der Waals surface area (Å²) in [6, 6.07) is 3.68. The molecule has 2 saturated heterocycles. The molecule has 1 spiro atoms. The van der Waals surface area contributed by atoms with Crippen LogP contribution in [0.1, 0.15) is 52.0 Å². The first-order valence-electron chi connectivity index (χ1n) is 14.3. The average Bonchev–Trinajstić information content (AvgIpc) is 3.27. The Kier molecular flexibility index (Phi) is 7.89. The van der Waals surface area contributed by atoms with Gasteiger partial charge in [-0.1, -0.05) is 68.8 Å². The molecular formula is C31H39ClN2O6. The molecule has 2 fully saturated rings. The lowest BCUT2D eigenvalue weighted by Gasteiger charge is -2.42. The van der Waals surface area contributed by atoms with E-state index in [1.807, 2.05) is 64.1 Å². The minimum atomic E-state index is -1.43. The third kappa shape index (κ3) is 4.30.